The van der Waals surface area contributed by atoms with Crippen molar-refractivity contribution in [2.24, 2.45) is 0 Å². The van der Waals surface area contributed by atoms with Gasteiger partial charge < -0.3 is 20.1 Å². The molecule has 170 valence electrons. The van der Waals surface area contributed by atoms with E-state index in [4.69, 9.17) is 9.47 Å². The molecule has 9 heteroatoms. The van der Waals surface area contributed by atoms with E-state index in [1.807, 2.05) is 0 Å². The average molecular weight is 459 g/mol. The van der Waals surface area contributed by atoms with Crippen LogP contribution in [0.1, 0.15) is 57.8 Å². The van der Waals surface area contributed by atoms with Gasteiger partial charge in [-0.05, 0) is 57.2 Å². The van der Waals surface area contributed by atoms with Crippen LogP contribution >= 0.6 is 11.3 Å². The first-order valence-corrected chi connectivity index (χ1v) is 11.3. The number of amides is 2. The van der Waals surface area contributed by atoms with Gasteiger partial charge in [-0.15, -0.1) is 11.3 Å². The molecule has 3 rings (SSSR count). The maximum absolute atomic E-state index is 12.6. The molecule has 1 aromatic heterocycles. The molecule has 1 aromatic carbocycles. The number of ether oxygens (including phenoxy) is 2. The fourth-order valence-electron chi connectivity index (χ4n) is 3.35. The van der Waals surface area contributed by atoms with Crippen LogP contribution in [-0.4, -0.2) is 43.0 Å². The van der Waals surface area contributed by atoms with Gasteiger partial charge in [-0.3, -0.25) is 14.4 Å². The van der Waals surface area contributed by atoms with E-state index in [1.165, 1.54) is 11.3 Å². The maximum atomic E-state index is 12.6. The number of carbonyl (C=O) groups is 4. The summed E-state index contributed by atoms with van der Waals surface area (Å²) in [6, 6.07) is 8.45. The van der Waals surface area contributed by atoms with E-state index in [0.717, 1.165) is 36.1 Å². The molecule has 0 aliphatic heterocycles. The lowest BCUT2D eigenvalue weighted by atomic mass is 9.95. The van der Waals surface area contributed by atoms with Crippen molar-refractivity contribution < 1.29 is 28.7 Å². The smallest absolute Gasteiger partial charge is 0.341 e. The number of aryl methyl sites for hydroxylation is 1. The number of carbonyl (C=O) groups excluding carboxylic acids is 4. The van der Waals surface area contributed by atoms with Crippen molar-refractivity contribution in [2.45, 2.75) is 45.6 Å². The van der Waals surface area contributed by atoms with Crippen molar-refractivity contribution in [1.29, 1.82) is 0 Å². The van der Waals surface area contributed by atoms with Gasteiger partial charge >= 0.3 is 11.9 Å². The number of esters is 2. The summed E-state index contributed by atoms with van der Waals surface area (Å²) in [6.07, 6.45) is 3.35. The van der Waals surface area contributed by atoms with Crippen LogP contribution in [0.4, 0.5) is 5.00 Å². The number of anilines is 1. The molecule has 1 heterocycles. The maximum Gasteiger partial charge on any atom is 0.341 e. The van der Waals surface area contributed by atoms with Gasteiger partial charge in [0.25, 0.3) is 11.8 Å². The zero-order valence-corrected chi connectivity index (χ0v) is 18.9. The second-order valence-corrected chi connectivity index (χ2v) is 8.73. The molecule has 0 spiro atoms. The zero-order chi connectivity index (χ0) is 23.1. The zero-order valence-electron chi connectivity index (χ0n) is 18.1. The molecule has 0 saturated heterocycles. The standard InChI is InChI=1S/C23H26N2O6S/c1-14(2)31-23(29)20-16-10-6-7-11-17(16)32-22(20)25-18(26)13-30-19(27)12-24-21(28)15-8-4-3-5-9-15/h3-5,8-9,14H,6-7,10-13H2,1-2H3,(H,24,28)(H,25,26). The minimum Gasteiger partial charge on any atom is -0.459 e. The molecule has 1 aliphatic rings. The van der Waals surface area contributed by atoms with E-state index in [9.17, 15) is 19.2 Å². The molecule has 8 nitrogen and oxygen atoms in total. The summed E-state index contributed by atoms with van der Waals surface area (Å²) >= 11 is 1.36. The van der Waals surface area contributed by atoms with Crippen LogP contribution in [0.3, 0.4) is 0 Å². The number of hydrogen-bond donors (Lipinski definition) is 2. The number of nitrogens with one attached hydrogen (secondary N) is 2. The van der Waals surface area contributed by atoms with Crippen molar-refractivity contribution in [3.05, 3.63) is 51.9 Å². The molecule has 2 amide bonds. The molecule has 0 radical (unpaired) electrons. The quantitative estimate of drug-likeness (QED) is 0.588. The Morgan fingerprint density at radius 1 is 1.06 bits per heavy atom. The van der Waals surface area contributed by atoms with E-state index in [-0.39, 0.29) is 12.6 Å². The number of benzene rings is 1. The van der Waals surface area contributed by atoms with Gasteiger partial charge in [-0.25, -0.2) is 4.79 Å². The highest BCUT2D eigenvalue weighted by Crippen LogP contribution is 2.38. The van der Waals surface area contributed by atoms with E-state index in [0.29, 0.717) is 16.1 Å². The third-order valence-electron chi connectivity index (χ3n) is 4.76. The Kier molecular flexibility index (Phi) is 7.99. The summed E-state index contributed by atoms with van der Waals surface area (Å²) in [6.45, 7) is 2.65. The Labute approximate surface area is 190 Å². The Hall–Kier alpha value is -3.20. The summed E-state index contributed by atoms with van der Waals surface area (Å²) in [5, 5.41) is 5.54. The SMILES string of the molecule is CC(C)OC(=O)c1c(NC(=O)COC(=O)CNC(=O)c2ccccc2)sc2c1CCCC2. The van der Waals surface area contributed by atoms with Crippen molar-refractivity contribution in [2.75, 3.05) is 18.5 Å². The Morgan fingerprint density at radius 3 is 2.50 bits per heavy atom. The van der Waals surface area contributed by atoms with Crippen LogP contribution in [0.5, 0.6) is 0 Å². The highest BCUT2D eigenvalue weighted by molar-refractivity contribution is 7.17. The predicted octanol–water partition coefficient (Wildman–Crippen LogP) is 3.10. The molecule has 2 aromatic rings. The monoisotopic (exact) mass is 458 g/mol. The lowest BCUT2D eigenvalue weighted by Crippen LogP contribution is -2.32. The van der Waals surface area contributed by atoms with E-state index in [1.54, 1.807) is 44.2 Å². The molecular formula is C23H26N2O6S. The van der Waals surface area contributed by atoms with Crippen LogP contribution in [0.25, 0.3) is 0 Å². The van der Waals surface area contributed by atoms with Crippen LogP contribution in [0, 0.1) is 0 Å². The van der Waals surface area contributed by atoms with Gasteiger partial charge in [0.1, 0.15) is 11.5 Å². The van der Waals surface area contributed by atoms with Gasteiger partial charge in [-0.2, -0.15) is 0 Å². The second-order valence-electron chi connectivity index (χ2n) is 7.63. The van der Waals surface area contributed by atoms with E-state index >= 15 is 0 Å². The lowest BCUT2D eigenvalue weighted by molar-refractivity contribution is -0.146. The van der Waals surface area contributed by atoms with Crippen LogP contribution in [0.2, 0.25) is 0 Å². The first-order valence-electron chi connectivity index (χ1n) is 10.5. The molecular weight excluding hydrogens is 432 g/mol. The van der Waals surface area contributed by atoms with Crippen molar-refractivity contribution in [3.8, 4) is 0 Å². The molecule has 0 bridgehead atoms. The van der Waals surface area contributed by atoms with Crippen LogP contribution in [0.15, 0.2) is 30.3 Å². The third-order valence-corrected chi connectivity index (χ3v) is 5.97. The summed E-state index contributed by atoms with van der Waals surface area (Å²) in [4.78, 5) is 49.9. The van der Waals surface area contributed by atoms with E-state index < -0.39 is 30.4 Å². The van der Waals surface area contributed by atoms with Gasteiger partial charge in [0.15, 0.2) is 6.61 Å². The van der Waals surface area contributed by atoms with Gasteiger partial charge in [0.2, 0.25) is 0 Å². The summed E-state index contributed by atoms with van der Waals surface area (Å²) < 4.78 is 10.3. The minimum atomic E-state index is -0.741. The number of hydrogen-bond acceptors (Lipinski definition) is 7. The van der Waals surface area contributed by atoms with Gasteiger partial charge in [0, 0.05) is 10.4 Å². The first kappa shape index (κ1) is 23.5. The topological polar surface area (TPSA) is 111 Å². The Bertz CT molecular complexity index is 999. The molecule has 0 saturated carbocycles. The largest absolute Gasteiger partial charge is 0.459 e. The molecule has 0 unspecified atom stereocenters. The Morgan fingerprint density at radius 2 is 1.78 bits per heavy atom. The highest BCUT2D eigenvalue weighted by atomic mass is 32.1. The molecule has 32 heavy (non-hydrogen) atoms. The molecule has 0 atom stereocenters. The fraction of sp³-hybridized carbons (Fsp3) is 0.391. The number of rotatable bonds is 8. The van der Waals surface area contributed by atoms with Crippen molar-refractivity contribution >= 4 is 40.1 Å². The number of thiophene rings is 1. The number of fused-ring (bicyclic) bond motifs is 1. The average Bonchev–Trinajstić information content (AvgIpc) is 3.14. The van der Waals surface area contributed by atoms with Gasteiger partial charge in [-0.1, -0.05) is 18.2 Å². The highest BCUT2D eigenvalue weighted by Gasteiger charge is 2.28. The minimum absolute atomic E-state index is 0.280. The summed E-state index contributed by atoms with van der Waals surface area (Å²) in [5.74, 6) is -2.18. The normalized spacial score (nSPS) is 12.6. The second kappa shape index (κ2) is 10.9. The van der Waals surface area contributed by atoms with Crippen LogP contribution in [-0.2, 0) is 31.9 Å². The van der Waals surface area contributed by atoms with Crippen molar-refractivity contribution in [1.82, 2.24) is 5.32 Å². The Balaban J connectivity index is 1.55. The van der Waals surface area contributed by atoms with E-state index in [2.05, 4.69) is 10.6 Å². The fourth-order valence-corrected chi connectivity index (χ4v) is 4.64. The lowest BCUT2D eigenvalue weighted by Gasteiger charge is -2.14. The summed E-state index contributed by atoms with van der Waals surface area (Å²) in [7, 11) is 0. The third kappa shape index (κ3) is 6.16. The summed E-state index contributed by atoms with van der Waals surface area (Å²) in [5.41, 5.74) is 1.75. The first-order chi connectivity index (χ1) is 15.3. The molecule has 1 aliphatic carbocycles. The predicted molar refractivity (Wildman–Crippen MR) is 120 cm³/mol. The molecule has 2 N–H and O–H groups in total. The molecule has 0 fully saturated rings. The van der Waals surface area contributed by atoms with Crippen LogP contribution < -0.4 is 10.6 Å². The van der Waals surface area contributed by atoms with Crippen molar-refractivity contribution in [3.63, 3.8) is 0 Å². The van der Waals surface area contributed by atoms with Gasteiger partial charge in [0.05, 0.1) is 11.7 Å².